The van der Waals surface area contributed by atoms with Crippen LogP contribution in [0.1, 0.15) is 29.6 Å². The first-order chi connectivity index (χ1) is 8.56. The Hall–Kier alpha value is -0.520. The monoisotopic (exact) mass is 331 g/mol. The molecule has 5 heteroatoms. The van der Waals surface area contributed by atoms with Gasteiger partial charge in [-0.15, -0.1) is 12.6 Å². The molecule has 100 valence electrons. The Kier molecular flexibility index (Phi) is 6.75. The molecule has 1 amide bonds. The van der Waals surface area contributed by atoms with E-state index in [1.54, 1.807) is 18.0 Å². The van der Waals surface area contributed by atoms with Crippen molar-refractivity contribution in [1.29, 1.82) is 0 Å². The molecule has 3 nitrogen and oxygen atoms in total. The normalized spacial score (nSPS) is 10.4. The van der Waals surface area contributed by atoms with E-state index in [0.717, 1.165) is 28.6 Å². The van der Waals surface area contributed by atoms with E-state index in [1.807, 2.05) is 12.1 Å². The lowest BCUT2D eigenvalue weighted by Crippen LogP contribution is -2.28. The molecule has 18 heavy (non-hydrogen) atoms. The molecule has 1 aromatic rings. The Morgan fingerprint density at radius 2 is 2.11 bits per heavy atom. The topological polar surface area (TPSA) is 40.5 Å². The van der Waals surface area contributed by atoms with Crippen LogP contribution >= 0.6 is 28.6 Å². The lowest BCUT2D eigenvalue weighted by molar-refractivity contribution is 0.0791. The van der Waals surface area contributed by atoms with Gasteiger partial charge in [-0.1, -0.05) is 0 Å². The Morgan fingerprint density at radius 3 is 2.78 bits per heavy atom. The van der Waals surface area contributed by atoms with E-state index >= 15 is 0 Å². The van der Waals surface area contributed by atoms with Gasteiger partial charge in [-0.2, -0.15) is 0 Å². The predicted molar refractivity (Wildman–Crippen MR) is 79.3 cm³/mol. The zero-order chi connectivity index (χ0) is 13.5. The van der Waals surface area contributed by atoms with Gasteiger partial charge in [0.05, 0.1) is 5.56 Å². The number of benzene rings is 1. The second-order valence-electron chi connectivity index (χ2n) is 4.18. The number of amides is 1. The fourth-order valence-electron chi connectivity index (χ4n) is 1.62. The molecule has 0 aliphatic heterocycles. The standard InChI is InChI=1S/C13H18BrNO2S/c1-15(7-3-2-4-8-16)13(17)11-9-10(18)5-6-12(11)14/h5-6,9,16,18H,2-4,7-8H2,1H3. The first-order valence-electron chi connectivity index (χ1n) is 5.91. The van der Waals surface area contributed by atoms with Crippen molar-refractivity contribution < 1.29 is 9.90 Å². The SMILES string of the molecule is CN(CCCCCO)C(=O)c1cc(S)ccc1Br. The number of thiol groups is 1. The number of carbonyl (C=O) groups excluding carboxylic acids is 1. The molecule has 1 N–H and O–H groups in total. The number of rotatable bonds is 6. The molecule has 0 saturated carbocycles. The molecule has 0 radical (unpaired) electrons. The molecule has 0 saturated heterocycles. The minimum atomic E-state index is -0.0122. The first kappa shape index (κ1) is 15.5. The van der Waals surface area contributed by atoms with Crippen LogP contribution in [0.3, 0.4) is 0 Å². The summed E-state index contributed by atoms with van der Waals surface area (Å²) in [5.74, 6) is -0.0122. The van der Waals surface area contributed by atoms with Gasteiger partial charge in [0.1, 0.15) is 0 Å². The number of aliphatic hydroxyl groups is 1. The summed E-state index contributed by atoms with van der Waals surface area (Å²) in [5, 5.41) is 8.69. The highest BCUT2D eigenvalue weighted by atomic mass is 79.9. The molecule has 0 aromatic heterocycles. The van der Waals surface area contributed by atoms with Crippen LogP contribution in [-0.4, -0.2) is 36.1 Å². The lowest BCUT2D eigenvalue weighted by atomic mass is 10.2. The van der Waals surface area contributed by atoms with Crippen LogP contribution in [0.2, 0.25) is 0 Å². The Bertz CT molecular complexity index is 412. The van der Waals surface area contributed by atoms with Crippen molar-refractivity contribution in [2.45, 2.75) is 24.2 Å². The zero-order valence-corrected chi connectivity index (χ0v) is 12.9. The van der Waals surface area contributed by atoms with Crippen LogP contribution in [0.4, 0.5) is 0 Å². The van der Waals surface area contributed by atoms with Gasteiger partial charge in [0.25, 0.3) is 5.91 Å². The fourth-order valence-corrected chi connectivity index (χ4v) is 2.24. The highest BCUT2D eigenvalue weighted by molar-refractivity contribution is 9.10. The summed E-state index contributed by atoms with van der Waals surface area (Å²) in [5.41, 5.74) is 0.632. The summed E-state index contributed by atoms with van der Waals surface area (Å²) >= 11 is 7.62. The second-order valence-corrected chi connectivity index (χ2v) is 5.55. The van der Waals surface area contributed by atoms with Gasteiger partial charge >= 0.3 is 0 Å². The van der Waals surface area contributed by atoms with Gasteiger partial charge in [-0.05, 0) is 53.4 Å². The number of halogens is 1. The third kappa shape index (κ3) is 4.63. The van der Waals surface area contributed by atoms with Crippen molar-refractivity contribution in [3.05, 3.63) is 28.2 Å². The largest absolute Gasteiger partial charge is 0.396 e. The second kappa shape index (κ2) is 7.81. The quantitative estimate of drug-likeness (QED) is 0.621. The van der Waals surface area contributed by atoms with E-state index < -0.39 is 0 Å². The van der Waals surface area contributed by atoms with Crippen LogP contribution in [0, 0.1) is 0 Å². The van der Waals surface area contributed by atoms with E-state index in [4.69, 9.17) is 5.11 Å². The molecule has 0 atom stereocenters. The van der Waals surface area contributed by atoms with Crippen molar-refractivity contribution in [2.24, 2.45) is 0 Å². The van der Waals surface area contributed by atoms with E-state index in [9.17, 15) is 4.79 Å². The molecule has 0 heterocycles. The average molecular weight is 332 g/mol. The molecule has 0 spiro atoms. The molecule has 1 rings (SSSR count). The first-order valence-corrected chi connectivity index (χ1v) is 7.15. The minimum Gasteiger partial charge on any atom is -0.396 e. The van der Waals surface area contributed by atoms with E-state index in [2.05, 4.69) is 28.6 Å². The fraction of sp³-hybridized carbons (Fsp3) is 0.462. The molecular weight excluding hydrogens is 314 g/mol. The van der Waals surface area contributed by atoms with Crippen molar-refractivity contribution in [3.63, 3.8) is 0 Å². The smallest absolute Gasteiger partial charge is 0.254 e. The summed E-state index contributed by atoms with van der Waals surface area (Å²) in [4.78, 5) is 14.7. The van der Waals surface area contributed by atoms with Gasteiger partial charge in [-0.3, -0.25) is 4.79 Å². The molecule has 0 aliphatic carbocycles. The van der Waals surface area contributed by atoms with Crippen LogP contribution in [0.15, 0.2) is 27.6 Å². The highest BCUT2D eigenvalue weighted by Gasteiger charge is 2.14. The van der Waals surface area contributed by atoms with E-state index in [0.29, 0.717) is 12.1 Å². The maximum atomic E-state index is 12.2. The number of hydrogen-bond donors (Lipinski definition) is 2. The minimum absolute atomic E-state index is 0.0122. The number of hydrogen-bond acceptors (Lipinski definition) is 3. The van der Waals surface area contributed by atoms with E-state index in [1.165, 1.54) is 0 Å². The Balaban J connectivity index is 2.60. The van der Waals surface area contributed by atoms with Gasteiger partial charge in [0, 0.05) is 29.6 Å². The summed E-state index contributed by atoms with van der Waals surface area (Å²) in [7, 11) is 1.79. The summed E-state index contributed by atoms with van der Waals surface area (Å²) in [6.45, 7) is 0.910. The van der Waals surface area contributed by atoms with Crippen LogP contribution in [0.5, 0.6) is 0 Å². The average Bonchev–Trinajstić information content (AvgIpc) is 2.36. The van der Waals surface area contributed by atoms with Gasteiger partial charge in [0.15, 0.2) is 0 Å². The van der Waals surface area contributed by atoms with Gasteiger partial charge in [0.2, 0.25) is 0 Å². The van der Waals surface area contributed by atoms with Crippen LogP contribution < -0.4 is 0 Å². The van der Waals surface area contributed by atoms with Crippen molar-refractivity contribution in [3.8, 4) is 0 Å². The molecule has 1 aromatic carbocycles. The number of nitrogens with zero attached hydrogens (tertiary/aromatic N) is 1. The van der Waals surface area contributed by atoms with Crippen molar-refractivity contribution in [2.75, 3.05) is 20.2 Å². The number of aliphatic hydroxyl groups excluding tert-OH is 1. The van der Waals surface area contributed by atoms with Crippen LogP contribution in [0.25, 0.3) is 0 Å². The summed E-state index contributed by atoms with van der Waals surface area (Å²) in [6.07, 6.45) is 2.63. The number of unbranched alkanes of at least 4 members (excludes halogenated alkanes) is 2. The Morgan fingerprint density at radius 1 is 1.39 bits per heavy atom. The number of carbonyl (C=O) groups is 1. The van der Waals surface area contributed by atoms with Crippen molar-refractivity contribution >= 4 is 34.5 Å². The molecular formula is C13H18BrNO2S. The maximum absolute atomic E-state index is 12.2. The molecule has 0 fully saturated rings. The molecule has 0 unspecified atom stereocenters. The van der Waals surface area contributed by atoms with Crippen molar-refractivity contribution in [1.82, 2.24) is 4.90 Å². The third-order valence-electron chi connectivity index (χ3n) is 2.68. The summed E-state index contributed by atoms with van der Waals surface area (Å²) in [6, 6.07) is 5.43. The van der Waals surface area contributed by atoms with E-state index in [-0.39, 0.29) is 12.5 Å². The van der Waals surface area contributed by atoms with Gasteiger partial charge < -0.3 is 10.0 Å². The predicted octanol–water partition coefficient (Wildman–Crippen LogP) is 2.97. The Labute approximate surface area is 122 Å². The highest BCUT2D eigenvalue weighted by Crippen LogP contribution is 2.21. The molecule has 0 aliphatic rings. The molecule has 0 bridgehead atoms. The maximum Gasteiger partial charge on any atom is 0.254 e. The third-order valence-corrected chi connectivity index (χ3v) is 3.65. The van der Waals surface area contributed by atoms with Gasteiger partial charge in [-0.25, -0.2) is 0 Å². The summed E-state index contributed by atoms with van der Waals surface area (Å²) < 4.78 is 0.785. The zero-order valence-electron chi connectivity index (χ0n) is 10.4. The lowest BCUT2D eigenvalue weighted by Gasteiger charge is -2.18. The van der Waals surface area contributed by atoms with Crippen LogP contribution in [-0.2, 0) is 0 Å².